The lowest BCUT2D eigenvalue weighted by Gasteiger charge is -2.55. The Balaban J connectivity index is 1.18. The third-order valence-corrected chi connectivity index (χ3v) is 7.98. The van der Waals surface area contributed by atoms with Gasteiger partial charge in [0.2, 0.25) is 5.91 Å². The molecule has 2 aromatic rings. The fourth-order valence-electron chi connectivity index (χ4n) is 6.13. The zero-order chi connectivity index (χ0) is 18.4. The molecule has 0 unspecified atom stereocenters. The predicted octanol–water partition coefficient (Wildman–Crippen LogP) is 4.99. The fourth-order valence-corrected chi connectivity index (χ4v) is 6.99. The molecule has 4 aliphatic rings. The first-order valence-electron chi connectivity index (χ1n) is 10.4. The van der Waals surface area contributed by atoms with Gasteiger partial charge in [-0.2, -0.15) is 0 Å². The van der Waals surface area contributed by atoms with Gasteiger partial charge in [-0.1, -0.05) is 29.8 Å². The molecule has 4 fully saturated rings. The van der Waals surface area contributed by atoms with E-state index in [0.29, 0.717) is 12.5 Å². The smallest absolute Gasteiger partial charge is 0.226 e. The van der Waals surface area contributed by atoms with Crippen molar-refractivity contribution in [2.24, 2.45) is 23.2 Å². The minimum Gasteiger partial charge on any atom is -0.355 e. The maximum absolute atomic E-state index is 13.0. The maximum Gasteiger partial charge on any atom is 0.226 e. The molecule has 1 aromatic carbocycles. The summed E-state index contributed by atoms with van der Waals surface area (Å²) in [6, 6.07) is 8.52. The Morgan fingerprint density at radius 3 is 2.37 bits per heavy atom. The number of aryl methyl sites for hydroxylation is 1. The van der Waals surface area contributed by atoms with Crippen molar-refractivity contribution in [3.05, 3.63) is 40.9 Å². The zero-order valence-electron chi connectivity index (χ0n) is 16.0. The third kappa shape index (κ3) is 3.33. The molecule has 4 heteroatoms. The number of benzene rings is 1. The van der Waals surface area contributed by atoms with E-state index in [0.717, 1.165) is 54.1 Å². The van der Waals surface area contributed by atoms with Crippen LogP contribution in [0.25, 0.3) is 10.6 Å². The molecule has 6 rings (SSSR count). The van der Waals surface area contributed by atoms with E-state index >= 15 is 0 Å². The van der Waals surface area contributed by atoms with Crippen molar-refractivity contribution in [2.75, 3.05) is 6.54 Å². The first-order valence-corrected chi connectivity index (χ1v) is 11.3. The highest BCUT2D eigenvalue weighted by Gasteiger charge is 2.54. The van der Waals surface area contributed by atoms with Gasteiger partial charge in [-0.25, -0.2) is 4.98 Å². The quantitative estimate of drug-likeness (QED) is 0.794. The molecule has 0 saturated heterocycles. The Morgan fingerprint density at radius 2 is 1.74 bits per heavy atom. The maximum atomic E-state index is 13.0. The number of nitrogens with zero attached hydrogens (tertiary/aromatic N) is 1. The number of rotatable bonds is 5. The molecule has 1 N–H and O–H groups in total. The van der Waals surface area contributed by atoms with Crippen LogP contribution in [0, 0.1) is 30.1 Å². The summed E-state index contributed by atoms with van der Waals surface area (Å²) in [5.41, 5.74) is 3.49. The summed E-state index contributed by atoms with van der Waals surface area (Å²) in [6.07, 6.45) is 8.38. The monoisotopic (exact) mass is 380 g/mol. The number of nitrogens with one attached hydrogen (secondary N) is 1. The Morgan fingerprint density at radius 1 is 1.11 bits per heavy atom. The van der Waals surface area contributed by atoms with Crippen molar-refractivity contribution < 1.29 is 4.79 Å². The molecular formula is C23H28N2OS. The van der Waals surface area contributed by atoms with Crippen LogP contribution in [0.5, 0.6) is 0 Å². The van der Waals surface area contributed by atoms with Gasteiger partial charge in [-0.3, -0.25) is 4.79 Å². The highest BCUT2D eigenvalue weighted by Crippen LogP contribution is 2.60. The molecule has 0 spiro atoms. The number of hydrogen-bond acceptors (Lipinski definition) is 3. The van der Waals surface area contributed by atoms with Gasteiger partial charge in [0.05, 0.1) is 5.69 Å². The summed E-state index contributed by atoms with van der Waals surface area (Å²) in [5.74, 6) is 2.78. The van der Waals surface area contributed by atoms with Crippen LogP contribution in [0.4, 0.5) is 0 Å². The van der Waals surface area contributed by atoms with Gasteiger partial charge in [0.1, 0.15) is 5.01 Å². The zero-order valence-corrected chi connectivity index (χ0v) is 16.9. The molecule has 1 amide bonds. The van der Waals surface area contributed by atoms with E-state index in [9.17, 15) is 4.79 Å². The van der Waals surface area contributed by atoms with Crippen molar-refractivity contribution in [1.82, 2.24) is 10.3 Å². The Labute approximate surface area is 165 Å². The van der Waals surface area contributed by atoms with Gasteiger partial charge in [0.25, 0.3) is 0 Å². The summed E-state index contributed by atoms with van der Waals surface area (Å²) < 4.78 is 0. The topological polar surface area (TPSA) is 42.0 Å². The van der Waals surface area contributed by atoms with E-state index in [1.54, 1.807) is 11.3 Å². The Bertz CT molecular complexity index is 803. The van der Waals surface area contributed by atoms with Crippen molar-refractivity contribution in [1.29, 1.82) is 0 Å². The van der Waals surface area contributed by atoms with Crippen LogP contribution in [-0.4, -0.2) is 17.4 Å². The first kappa shape index (κ1) is 17.4. The van der Waals surface area contributed by atoms with Gasteiger partial charge < -0.3 is 5.32 Å². The number of carbonyl (C=O) groups is 1. The second kappa shape index (κ2) is 6.73. The predicted molar refractivity (Wildman–Crippen MR) is 110 cm³/mol. The van der Waals surface area contributed by atoms with E-state index in [2.05, 4.69) is 41.9 Å². The molecule has 4 aliphatic carbocycles. The lowest BCUT2D eigenvalue weighted by atomic mass is 9.49. The van der Waals surface area contributed by atoms with Crippen LogP contribution in [0.15, 0.2) is 29.6 Å². The van der Waals surface area contributed by atoms with Gasteiger partial charge in [-0.15, -0.1) is 11.3 Å². The molecule has 1 aromatic heterocycles. The average molecular weight is 381 g/mol. The molecule has 0 aliphatic heterocycles. The first-order chi connectivity index (χ1) is 13.1. The fraction of sp³-hybridized carbons (Fsp3) is 0.565. The van der Waals surface area contributed by atoms with E-state index < -0.39 is 0 Å². The van der Waals surface area contributed by atoms with Crippen LogP contribution in [0.3, 0.4) is 0 Å². The highest BCUT2D eigenvalue weighted by atomic mass is 32.1. The lowest BCUT2D eigenvalue weighted by molar-refractivity contribution is -0.146. The van der Waals surface area contributed by atoms with Gasteiger partial charge in [0, 0.05) is 29.3 Å². The van der Waals surface area contributed by atoms with E-state index in [1.165, 1.54) is 30.4 Å². The van der Waals surface area contributed by atoms with E-state index in [-0.39, 0.29) is 5.41 Å². The molecule has 27 heavy (non-hydrogen) atoms. The molecule has 4 saturated carbocycles. The lowest BCUT2D eigenvalue weighted by Crippen LogP contribution is -2.53. The Hall–Kier alpha value is -1.68. The standard InChI is InChI=1S/C23H28N2OS/c1-15-2-4-19(5-3-15)21-25-20(14-27-21)6-7-24-22(26)23-11-16-8-17(12-23)10-18(9-16)13-23/h2-5,14,16-18H,6-13H2,1H3,(H,24,26). The summed E-state index contributed by atoms with van der Waals surface area (Å²) >= 11 is 1.69. The SMILES string of the molecule is Cc1ccc(-c2nc(CCNC(=O)C34CC5CC(CC(C5)C3)C4)cs2)cc1. The second-order valence-corrected chi connectivity index (χ2v) is 10.1. The Kier molecular flexibility index (Phi) is 4.34. The van der Waals surface area contributed by atoms with E-state index in [1.807, 2.05) is 0 Å². The van der Waals surface area contributed by atoms with Gasteiger partial charge in [-0.05, 0) is 63.2 Å². The van der Waals surface area contributed by atoms with Crippen LogP contribution >= 0.6 is 11.3 Å². The largest absolute Gasteiger partial charge is 0.355 e. The van der Waals surface area contributed by atoms with Crippen LogP contribution in [0.2, 0.25) is 0 Å². The van der Waals surface area contributed by atoms with Crippen LogP contribution < -0.4 is 5.32 Å². The highest BCUT2D eigenvalue weighted by molar-refractivity contribution is 7.13. The minimum absolute atomic E-state index is 0.0378. The summed E-state index contributed by atoms with van der Waals surface area (Å²) in [5, 5.41) is 6.47. The summed E-state index contributed by atoms with van der Waals surface area (Å²) in [4.78, 5) is 17.8. The molecule has 142 valence electrons. The van der Waals surface area contributed by atoms with Crippen LogP contribution in [-0.2, 0) is 11.2 Å². The number of thiazole rings is 1. The molecule has 0 atom stereocenters. The average Bonchev–Trinajstić information content (AvgIpc) is 3.10. The number of hydrogen-bond donors (Lipinski definition) is 1. The third-order valence-electron chi connectivity index (χ3n) is 7.04. The number of aromatic nitrogens is 1. The van der Waals surface area contributed by atoms with Crippen LogP contribution in [0.1, 0.15) is 49.8 Å². The summed E-state index contributed by atoms with van der Waals surface area (Å²) in [6.45, 7) is 2.81. The van der Waals surface area contributed by atoms with Gasteiger partial charge >= 0.3 is 0 Å². The molecule has 1 heterocycles. The molecule has 4 bridgehead atoms. The van der Waals surface area contributed by atoms with Gasteiger partial charge in [0.15, 0.2) is 0 Å². The van der Waals surface area contributed by atoms with Crippen molar-refractivity contribution in [3.63, 3.8) is 0 Å². The molecular weight excluding hydrogens is 352 g/mol. The second-order valence-electron chi connectivity index (χ2n) is 9.21. The minimum atomic E-state index is -0.0378. The summed E-state index contributed by atoms with van der Waals surface area (Å²) in [7, 11) is 0. The number of amides is 1. The van der Waals surface area contributed by atoms with Crippen molar-refractivity contribution >= 4 is 17.2 Å². The number of carbonyl (C=O) groups excluding carboxylic acids is 1. The van der Waals surface area contributed by atoms with Crippen molar-refractivity contribution in [2.45, 2.75) is 51.9 Å². The normalized spacial score (nSPS) is 31.2. The van der Waals surface area contributed by atoms with E-state index in [4.69, 9.17) is 4.98 Å². The van der Waals surface area contributed by atoms with Crippen molar-refractivity contribution in [3.8, 4) is 10.6 Å². The molecule has 3 nitrogen and oxygen atoms in total. The molecule has 0 radical (unpaired) electrons.